The van der Waals surface area contributed by atoms with Gasteiger partial charge in [0.2, 0.25) is 0 Å². The summed E-state index contributed by atoms with van der Waals surface area (Å²) in [5.41, 5.74) is 14.6. The van der Waals surface area contributed by atoms with E-state index < -0.39 is 0 Å². The molecule has 15 aromatic rings. The van der Waals surface area contributed by atoms with Crippen molar-refractivity contribution in [2.24, 2.45) is 0 Å². The molecule has 0 aliphatic carbocycles. The number of rotatable bonds is 1. The molecule has 58 heavy (non-hydrogen) atoms. The molecule has 0 N–H and O–H groups in total. The standard InChI is InChI=1S/C54H30N4/c1-2-15-31(16-3-1)55-44-29-10-11-30-45(44)56-41-26-7-4-17-32(41)35-20-12-23-38(49(35)56)46-52(55)47-39-24-13-21-36-33-18-5-8-27-42(33)57(50(36)39)54(47)48-40-25-14-22-37-34-19-6-9-28-43(34)58(51(37)40)53(46)48/h1-30H. The molecule has 0 unspecified atom stereocenters. The maximum atomic E-state index is 2.61. The average Bonchev–Trinajstić information content (AvgIpc) is 4.07. The number of benzene rings is 9. The van der Waals surface area contributed by atoms with Crippen molar-refractivity contribution in [3.63, 3.8) is 0 Å². The maximum absolute atomic E-state index is 2.61. The van der Waals surface area contributed by atoms with E-state index in [9.17, 15) is 0 Å². The summed E-state index contributed by atoms with van der Waals surface area (Å²) in [6.07, 6.45) is 0. The minimum absolute atomic E-state index is 1.12. The molecule has 266 valence electrons. The molecule has 0 aliphatic rings. The van der Waals surface area contributed by atoms with E-state index >= 15 is 0 Å². The Bertz CT molecular complexity index is 4310. The number of nitrogens with zero attached hydrogens (tertiary/aromatic N) is 4. The number of para-hydroxylation sites is 9. The molecule has 9 aromatic carbocycles. The largest absolute Gasteiger partial charge is 0.307 e. The van der Waals surface area contributed by atoms with Crippen LogP contribution in [-0.2, 0) is 0 Å². The molecule has 6 aromatic heterocycles. The van der Waals surface area contributed by atoms with Crippen LogP contribution in [0.15, 0.2) is 182 Å². The van der Waals surface area contributed by atoms with E-state index in [1.807, 2.05) is 0 Å². The van der Waals surface area contributed by atoms with Crippen LogP contribution < -0.4 is 0 Å². The quantitative estimate of drug-likeness (QED) is 0.160. The van der Waals surface area contributed by atoms with Crippen molar-refractivity contribution >= 4 is 125 Å². The lowest BCUT2D eigenvalue weighted by Crippen LogP contribution is -2.02. The van der Waals surface area contributed by atoms with Crippen molar-refractivity contribution in [1.82, 2.24) is 17.8 Å². The summed E-state index contributed by atoms with van der Waals surface area (Å²) in [4.78, 5) is 0. The predicted molar refractivity (Wildman–Crippen MR) is 245 cm³/mol. The van der Waals surface area contributed by atoms with E-state index in [-0.39, 0.29) is 0 Å². The Morgan fingerprint density at radius 2 is 0.552 bits per heavy atom. The van der Waals surface area contributed by atoms with Crippen LogP contribution in [0.3, 0.4) is 0 Å². The molecular weight excluding hydrogens is 705 g/mol. The van der Waals surface area contributed by atoms with Crippen LogP contribution in [0.25, 0.3) is 131 Å². The maximum Gasteiger partial charge on any atom is 0.0703 e. The topological polar surface area (TPSA) is 18.2 Å². The first-order valence-electron chi connectivity index (χ1n) is 20.1. The van der Waals surface area contributed by atoms with Gasteiger partial charge in [0.25, 0.3) is 0 Å². The van der Waals surface area contributed by atoms with Crippen molar-refractivity contribution in [1.29, 1.82) is 0 Å². The van der Waals surface area contributed by atoms with Crippen LogP contribution in [0.4, 0.5) is 0 Å². The van der Waals surface area contributed by atoms with Gasteiger partial charge in [0.05, 0.1) is 60.7 Å². The van der Waals surface area contributed by atoms with Gasteiger partial charge in [-0.3, -0.25) is 0 Å². The molecule has 0 saturated carbocycles. The summed E-state index contributed by atoms with van der Waals surface area (Å²) < 4.78 is 10.3. The van der Waals surface area contributed by atoms with Gasteiger partial charge in [-0.2, -0.15) is 0 Å². The van der Waals surface area contributed by atoms with Gasteiger partial charge in [-0.05, 0) is 42.5 Å². The molecule has 0 radical (unpaired) electrons. The molecule has 0 spiro atoms. The summed E-state index contributed by atoms with van der Waals surface area (Å²) in [5, 5.41) is 15.2. The first-order chi connectivity index (χ1) is 28.9. The summed E-state index contributed by atoms with van der Waals surface area (Å²) in [5.74, 6) is 0. The minimum Gasteiger partial charge on any atom is -0.307 e. The molecule has 0 amide bonds. The molecule has 0 aliphatic heterocycles. The monoisotopic (exact) mass is 734 g/mol. The minimum atomic E-state index is 1.12. The highest BCUT2D eigenvalue weighted by atomic mass is 15.0. The van der Waals surface area contributed by atoms with Crippen molar-refractivity contribution < 1.29 is 0 Å². The average molecular weight is 735 g/mol. The number of fused-ring (bicyclic) bond motifs is 22. The van der Waals surface area contributed by atoms with Crippen molar-refractivity contribution in [2.45, 2.75) is 0 Å². The fourth-order valence-corrected chi connectivity index (χ4v) is 11.3. The summed E-state index contributed by atoms with van der Waals surface area (Å²) in [7, 11) is 0. The molecule has 0 fully saturated rings. The summed E-state index contributed by atoms with van der Waals surface area (Å²) >= 11 is 0. The fourth-order valence-electron chi connectivity index (χ4n) is 11.3. The fraction of sp³-hybridized carbons (Fsp3) is 0. The van der Waals surface area contributed by atoms with E-state index in [2.05, 4.69) is 200 Å². The van der Waals surface area contributed by atoms with E-state index in [0.717, 1.165) is 16.7 Å². The normalized spacial score (nSPS) is 12.8. The van der Waals surface area contributed by atoms with Crippen molar-refractivity contribution in [2.75, 3.05) is 0 Å². The van der Waals surface area contributed by atoms with Crippen molar-refractivity contribution in [3.8, 4) is 5.69 Å². The second kappa shape index (κ2) is 10.1. The smallest absolute Gasteiger partial charge is 0.0703 e. The highest BCUT2D eigenvalue weighted by Crippen LogP contribution is 2.52. The first kappa shape index (κ1) is 29.5. The number of hydrogen-bond donors (Lipinski definition) is 0. The lowest BCUT2D eigenvalue weighted by molar-refractivity contribution is 1.16. The predicted octanol–water partition coefficient (Wildman–Crippen LogP) is 14.2. The summed E-state index contributed by atoms with van der Waals surface area (Å²) in [6, 6.07) is 67.9. The van der Waals surface area contributed by atoms with Gasteiger partial charge in [0, 0.05) is 70.3 Å². The molecule has 0 saturated heterocycles. The first-order valence-corrected chi connectivity index (χ1v) is 20.1. The zero-order valence-electron chi connectivity index (χ0n) is 31.1. The Morgan fingerprint density at radius 3 is 1.05 bits per heavy atom. The third kappa shape index (κ3) is 3.23. The second-order valence-corrected chi connectivity index (χ2v) is 16.0. The molecule has 0 bridgehead atoms. The molecule has 15 rings (SSSR count). The Balaban J connectivity index is 1.45. The van der Waals surface area contributed by atoms with Crippen LogP contribution in [0.1, 0.15) is 0 Å². The lowest BCUT2D eigenvalue weighted by atomic mass is 9.97. The Labute approximate surface area is 329 Å². The SMILES string of the molecule is c1ccc(-n2c3ccccc3n3c4ccccc4c4cccc(c5c2c2c6cccc7c8ccccc8n(c76)c2c2c6cccc7c8ccccc8n(c76)c52)c43)cc1. The van der Waals surface area contributed by atoms with Crippen LogP contribution in [0, 0.1) is 0 Å². The van der Waals surface area contributed by atoms with Gasteiger partial charge in [-0.15, -0.1) is 0 Å². The molecular formula is C54H30N4. The van der Waals surface area contributed by atoms with Crippen LogP contribution in [-0.4, -0.2) is 17.8 Å². The Hall–Kier alpha value is -7.82. The molecule has 6 heterocycles. The zero-order chi connectivity index (χ0) is 37.4. The third-order valence-electron chi connectivity index (χ3n) is 13.4. The Kier molecular flexibility index (Phi) is 5.14. The van der Waals surface area contributed by atoms with Crippen molar-refractivity contribution in [3.05, 3.63) is 182 Å². The highest BCUT2D eigenvalue weighted by molar-refractivity contribution is 6.43. The van der Waals surface area contributed by atoms with Gasteiger partial charge < -0.3 is 17.8 Å². The van der Waals surface area contributed by atoms with E-state index in [0.29, 0.717) is 0 Å². The highest BCUT2D eigenvalue weighted by Gasteiger charge is 2.29. The Morgan fingerprint density at radius 1 is 0.207 bits per heavy atom. The van der Waals surface area contributed by atoms with Crippen LogP contribution in [0.2, 0.25) is 0 Å². The lowest BCUT2D eigenvalue weighted by Gasteiger charge is -2.19. The van der Waals surface area contributed by atoms with Gasteiger partial charge in [0.1, 0.15) is 0 Å². The van der Waals surface area contributed by atoms with E-state index in [1.54, 1.807) is 0 Å². The van der Waals surface area contributed by atoms with Gasteiger partial charge in [-0.1, -0.05) is 140 Å². The summed E-state index contributed by atoms with van der Waals surface area (Å²) in [6.45, 7) is 0. The van der Waals surface area contributed by atoms with E-state index in [4.69, 9.17) is 0 Å². The molecule has 4 heteroatoms. The van der Waals surface area contributed by atoms with Gasteiger partial charge in [-0.25, -0.2) is 0 Å². The second-order valence-electron chi connectivity index (χ2n) is 16.0. The zero-order valence-corrected chi connectivity index (χ0v) is 31.1. The van der Waals surface area contributed by atoms with Crippen LogP contribution in [0.5, 0.6) is 0 Å². The number of hydrogen-bond acceptors (Lipinski definition) is 0. The third-order valence-corrected chi connectivity index (χ3v) is 13.4. The van der Waals surface area contributed by atoms with Gasteiger partial charge in [0.15, 0.2) is 0 Å². The van der Waals surface area contributed by atoms with E-state index in [1.165, 1.54) is 114 Å². The molecule has 4 nitrogen and oxygen atoms in total. The number of aromatic nitrogens is 4. The molecule has 0 atom stereocenters. The van der Waals surface area contributed by atoms with Crippen LogP contribution >= 0.6 is 0 Å². The van der Waals surface area contributed by atoms with Gasteiger partial charge >= 0.3 is 0 Å².